The third-order valence-electron chi connectivity index (χ3n) is 16.0. The first-order valence-corrected chi connectivity index (χ1v) is 36.2. The molecule has 4 rings (SSSR count). The van der Waals surface area contributed by atoms with Crippen LogP contribution in [0.1, 0.15) is 136 Å². The summed E-state index contributed by atoms with van der Waals surface area (Å²) in [6, 6.07) is -0.949. The number of aliphatic hydroxyl groups is 1. The van der Waals surface area contributed by atoms with Crippen molar-refractivity contribution in [3.63, 3.8) is 0 Å². The lowest BCUT2D eigenvalue weighted by Gasteiger charge is -2.28. The van der Waals surface area contributed by atoms with Crippen LogP contribution in [0, 0.1) is 16.0 Å². The summed E-state index contributed by atoms with van der Waals surface area (Å²) in [5.74, 6) is -13.3. The number of para-hydroxylation sites is 1. The molecule has 106 heavy (non-hydrogen) atoms. The number of nitrogens with one attached hydrogen (secondary N) is 11. The molecule has 0 saturated carbocycles. The Morgan fingerprint density at radius 3 is 1.77 bits per heavy atom. The zero-order valence-corrected chi connectivity index (χ0v) is 61.6. The lowest BCUT2D eigenvalue weighted by Crippen LogP contribution is -2.62. The van der Waals surface area contributed by atoms with E-state index in [9.17, 15) is 92.2 Å². The highest BCUT2D eigenvalue weighted by Gasteiger charge is 2.39. The van der Waals surface area contributed by atoms with E-state index in [4.69, 9.17) is 21.9 Å². The monoisotopic (exact) mass is 1520 g/mol. The molecule has 39 heteroatoms. The van der Waals surface area contributed by atoms with E-state index < -0.39 is 210 Å². The number of hydrogen-bond acceptors (Lipinski definition) is 23. The number of nitro groups is 1. The number of alkyl carbamates (subject to hydrolysis) is 1. The van der Waals surface area contributed by atoms with E-state index in [1.807, 2.05) is 0 Å². The minimum atomic E-state index is -2.11. The summed E-state index contributed by atoms with van der Waals surface area (Å²) in [6.07, 6.45) is -3.85. The first-order chi connectivity index (χ1) is 49.9. The van der Waals surface area contributed by atoms with Crippen LogP contribution in [0.5, 0.6) is 0 Å². The number of aliphatic carboxylic acids is 1. The number of carboxylic acid groups (broad SMARTS) is 1. The topological polar surface area (TPSA) is 579 Å². The second kappa shape index (κ2) is 43.9. The van der Waals surface area contributed by atoms with Gasteiger partial charge in [-0.1, -0.05) is 74.1 Å². The molecule has 0 radical (unpaired) electrons. The molecule has 1 aliphatic heterocycles. The molecular weight excluding hydrogens is 1430 g/mol. The standard InChI is InChI=1S/C67H97N17O20S2/c1-36(2)27-48(65(100)106-26-24-53(88)74-37(3)57(70)92)81-58(93)42(18-13-14-25-72-66(101)104-67(5,6)7)76-61(96)45(28-39-15-9-8-10-16-39)78-62(97)46(29-40-31-71-34-73-40)79-63(98)47(30-55(90)91)80-59(94)44(21-23-52(69)87)77-64(99)56(38(4)85)82-60(95)43(20-22-51(68)86)75-54(89)32-83-35-105-33-50(83)41-17-11-12-19-49(41)84(102)103/h8-12,15-17,19,31,34,36-38,42-48,50,56,85H,13-14,18,20-30,32-33,35H2,1-7H3,(H2,68,86)(H2,69,87)(H2,70,92)(H,71,73)(H,72,101)(H,74,88)(H,75,89)(H,76,96)(H,77,99)(H,78,97)(H,79,98)(H,80,94)(H,81,93)(H,82,95)(H,90,91)/t37-,38+,42-,43-,44-,45-,46-,47-,48-,50?,56-/m0/s1. The first kappa shape index (κ1) is 88.1. The predicted octanol–water partition coefficient (Wildman–Crippen LogP) is -1.50. The van der Waals surface area contributed by atoms with Gasteiger partial charge in [0.1, 0.15) is 53.9 Å². The van der Waals surface area contributed by atoms with Crippen molar-refractivity contribution in [1.29, 1.82) is 0 Å². The molecular formula is C67H97N17O20S2. The minimum Gasteiger partial charge on any atom is -0.481 e. The maximum Gasteiger partial charge on any atom is 0.407 e. The normalized spacial score (nSPS) is 15.7. The predicted molar refractivity (Wildman–Crippen MR) is 385 cm³/mol. The van der Waals surface area contributed by atoms with Crippen LogP contribution < -0.4 is 70.4 Å². The number of aliphatic hydroxyl groups excluding tert-OH is 1. The zero-order valence-electron chi connectivity index (χ0n) is 59.9. The van der Waals surface area contributed by atoms with Crippen LogP contribution in [0.25, 0.3) is 0 Å². The van der Waals surface area contributed by atoms with E-state index in [0.717, 1.165) is 18.7 Å². The molecule has 0 bridgehead atoms. The van der Waals surface area contributed by atoms with Crippen molar-refractivity contribution in [2.75, 3.05) is 30.5 Å². The molecule has 1 aliphatic rings. The van der Waals surface area contributed by atoms with Crippen molar-refractivity contribution in [3.8, 4) is 0 Å². The molecule has 1 saturated heterocycles. The van der Waals surface area contributed by atoms with Crippen LogP contribution in [0.3, 0.4) is 0 Å². The third kappa shape index (κ3) is 32.0. The van der Waals surface area contributed by atoms with Gasteiger partial charge in [0.2, 0.25) is 76.0 Å². The SMILES string of the molecule is CC(C)C[C@H](NC(=O)[C@H](CCCCNC(=O)OC(C)(C)C)NC(=O)[C@H](Cc1ccccc1)NC(=O)[C@H](Cc1cnc[nH]1)NC(=O)[C@H](CC(=O)O)NC(=O)[C@H](CCC(N)=O)NC(=O)[C@@H](NC(=O)[C@H](CCC(N)=O)NC(=O)CN1CSCC1c1ccccc1[N+](=O)[O-])[C@@H](C)O)C(=O)SCCC(=O)N[C@@H](C)C(N)=O. The number of carbonyl (C=O) groups excluding carboxylic acids is 14. The molecule has 11 atom stereocenters. The van der Waals surface area contributed by atoms with Gasteiger partial charge in [0.15, 0.2) is 0 Å². The number of ether oxygens (including phenoxy) is 1. The fourth-order valence-electron chi connectivity index (χ4n) is 10.6. The second-order valence-corrected chi connectivity index (χ2v) is 28.6. The average molecular weight is 1520 g/mol. The molecule has 1 aromatic heterocycles. The van der Waals surface area contributed by atoms with Gasteiger partial charge in [-0.05, 0) is 84.6 Å². The Bertz CT molecular complexity index is 3570. The number of imidazole rings is 1. The van der Waals surface area contributed by atoms with Crippen LogP contribution >= 0.6 is 23.5 Å². The molecule has 13 amide bonds. The maximum atomic E-state index is 14.9. The Hall–Kier alpha value is -10.3. The van der Waals surface area contributed by atoms with E-state index in [1.54, 1.807) is 82.0 Å². The number of hydrogen-bond donors (Lipinski definition) is 16. The molecule has 1 unspecified atom stereocenters. The maximum absolute atomic E-state index is 14.9. The fraction of sp³-hybridized carbons (Fsp3) is 0.552. The van der Waals surface area contributed by atoms with Gasteiger partial charge < -0.3 is 90.3 Å². The zero-order chi connectivity index (χ0) is 79.0. The van der Waals surface area contributed by atoms with E-state index in [0.29, 0.717) is 16.9 Å². The van der Waals surface area contributed by atoms with Crippen molar-refractivity contribution < 1.29 is 91.8 Å². The van der Waals surface area contributed by atoms with Crippen LogP contribution in [0.15, 0.2) is 67.1 Å². The molecule has 1 fully saturated rings. The molecule has 2 heterocycles. The Morgan fingerprint density at radius 1 is 0.670 bits per heavy atom. The van der Waals surface area contributed by atoms with Gasteiger partial charge in [-0.25, -0.2) is 9.78 Å². The highest BCUT2D eigenvalue weighted by molar-refractivity contribution is 8.13. The van der Waals surface area contributed by atoms with Crippen LogP contribution in [0.2, 0.25) is 0 Å². The van der Waals surface area contributed by atoms with Crippen molar-refractivity contribution in [2.45, 2.75) is 198 Å². The second-order valence-electron chi connectivity index (χ2n) is 26.5. The molecule has 2 aromatic carbocycles. The van der Waals surface area contributed by atoms with Gasteiger partial charge in [0.25, 0.3) is 5.69 Å². The van der Waals surface area contributed by atoms with Gasteiger partial charge in [-0.2, -0.15) is 0 Å². The summed E-state index contributed by atoms with van der Waals surface area (Å²) in [4.78, 5) is 222. The largest absolute Gasteiger partial charge is 0.481 e. The van der Waals surface area contributed by atoms with Crippen molar-refractivity contribution in [2.24, 2.45) is 23.1 Å². The van der Waals surface area contributed by atoms with Crippen LogP contribution in [-0.2, 0) is 84.7 Å². The number of aromatic nitrogens is 2. The Labute approximate surface area is 619 Å². The Kier molecular flexibility index (Phi) is 36.5. The van der Waals surface area contributed by atoms with Gasteiger partial charge in [-0.3, -0.25) is 82.1 Å². The number of unbranched alkanes of at least 4 members (excludes halogenated alkanes) is 1. The highest BCUT2D eigenvalue weighted by Crippen LogP contribution is 2.37. The number of H-pyrrole nitrogens is 1. The number of amides is 13. The number of carboxylic acids is 1. The molecule has 0 spiro atoms. The summed E-state index contributed by atoms with van der Waals surface area (Å²) in [7, 11) is 0. The first-order valence-electron chi connectivity index (χ1n) is 34.1. The summed E-state index contributed by atoms with van der Waals surface area (Å²) in [5, 5.41) is 57.2. The Morgan fingerprint density at radius 2 is 1.21 bits per heavy atom. The molecule has 3 aromatic rings. The van der Waals surface area contributed by atoms with Gasteiger partial charge in [0.05, 0.1) is 42.4 Å². The summed E-state index contributed by atoms with van der Waals surface area (Å²) < 4.78 is 5.32. The van der Waals surface area contributed by atoms with E-state index >= 15 is 0 Å². The lowest BCUT2D eigenvalue weighted by atomic mass is 10.0. The number of carbonyl (C=O) groups is 15. The lowest BCUT2D eigenvalue weighted by molar-refractivity contribution is -0.385. The molecule has 19 N–H and O–H groups in total. The number of nitro benzene ring substituents is 1. The van der Waals surface area contributed by atoms with E-state index in [2.05, 4.69) is 63.1 Å². The number of rotatable bonds is 45. The summed E-state index contributed by atoms with van der Waals surface area (Å²) >= 11 is 2.13. The van der Waals surface area contributed by atoms with Gasteiger partial charge in [-0.15, -0.1) is 11.8 Å². The minimum absolute atomic E-state index is 0.0486. The van der Waals surface area contributed by atoms with E-state index in [1.165, 1.54) is 43.3 Å². The highest BCUT2D eigenvalue weighted by atomic mass is 32.2. The number of benzene rings is 2. The average Bonchev–Trinajstić information content (AvgIpc) is 1.58. The summed E-state index contributed by atoms with van der Waals surface area (Å²) in [6.45, 7) is 10.7. The molecule has 37 nitrogen and oxygen atoms in total. The van der Waals surface area contributed by atoms with Crippen LogP contribution in [0.4, 0.5) is 10.5 Å². The van der Waals surface area contributed by atoms with E-state index in [-0.39, 0.29) is 74.0 Å². The summed E-state index contributed by atoms with van der Waals surface area (Å²) in [5.41, 5.74) is 16.1. The number of aromatic amines is 1. The van der Waals surface area contributed by atoms with Crippen LogP contribution in [-0.4, -0.2) is 215 Å². The quantitative estimate of drug-likeness (QED) is 0.0174. The van der Waals surface area contributed by atoms with Crippen molar-refractivity contribution in [3.05, 3.63) is 94.1 Å². The smallest absolute Gasteiger partial charge is 0.407 e. The molecule has 582 valence electrons. The fourth-order valence-corrected chi connectivity index (χ4v) is 12.7. The van der Waals surface area contributed by atoms with Crippen molar-refractivity contribution >= 4 is 117 Å². The molecule has 0 aliphatic carbocycles. The number of primary amides is 3. The van der Waals surface area contributed by atoms with Gasteiger partial charge >= 0.3 is 12.1 Å². The number of nitrogens with zero attached hydrogens (tertiary/aromatic N) is 3. The third-order valence-corrected chi connectivity index (χ3v) is 18.0. The number of nitrogens with two attached hydrogens (primary N) is 3. The van der Waals surface area contributed by atoms with Crippen molar-refractivity contribution in [1.82, 2.24) is 68.0 Å². The Balaban J connectivity index is 1.62. The van der Waals surface area contributed by atoms with Gasteiger partial charge in [0, 0.05) is 79.6 Å². The number of thioether (sulfide) groups is 2.